The molecule has 2 aliphatic heterocycles. The van der Waals surface area contributed by atoms with Crippen LogP contribution in [0.5, 0.6) is 0 Å². The van der Waals surface area contributed by atoms with Crippen LogP contribution in [-0.4, -0.2) is 41.9 Å². The maximum absolute atomic E-state index is 5.42. The lowest BCUT2D eigenvalue weighted by molar-refractivity contribution is 0.405. The van der Waals surface area contributed by atoms with E-state index in [0.717, 1.165) is 56.3 Å². The number of amidine groups is 1. The monoisotopic (exact) mass is 388 g/mol. The molecule has 2 fully saturated rings. The SMILES string of the molecule is C#C/C(C)=C\N=C(CC)N1CCN(C(=C)c2ccc(N3CCCC3=C)cc2C)C1. The van der Waals surface area contributed by atoms with Gasteiger partial charge in [0.15, 0.2) is 0 Å². The van der Waals surface area contributed by atoms with Crippen LogP contribution in [-0.2, 0) is 0 Å². The van der Waals surface area contributed by atoms with Crippen molar-refractivity contribution < 1.29 is 0 Å². The Morgan fingerprint density at radius 1 is 1.28 bits per heavy atom. The Kier molecular flexibility index (Phi) is 6.49. The van der Waals surface area contributed by atoms with Crippen molar-refractivity contribution in [3.05, 3.63) is 60.0 Å². The number of anilines is 1. The summed E-state index contributed by atoms with van der Waals surface area (Å²) in [4.78, 5) is 11.6. The molecule has 4 nitrogen and oxygen atoms in total. The first-order chi connectivity index (χ1) is 13.9. The molecule has 0 aliphatic carbocycles. The molecule has 0 bridgehead atoms. The van der Waals surface area contributed by atoms with Crippen molar-refractivity contribution in [1.29, 1.82) is 0 Å². The van der Waals surface area contributed by atoms with Crippen LogP contribution in [0.3, 0.4) is 0 Å². The zero-order valence-corrected chi connectivity index (χ0v) is 18.0. The number of nitrogens with zero attached hydrogens (tertiary/aromatic N) is 4. The van der Waals surface area contributed by atoms with E-state index in [9.17, 15) is 0 Å². The minimum absolute atomic E-state index is 0.804. The second-order valence-corrected chi connectivity index (χ2v) is 7.79. The van der Waals surface area contributed by atoms with Crippen molar-refractivity contribution in [1.82, 2.24) is 9.80 Å². The highest BCUT2D eigenvalue weighted by molar-refractivity contribution is 5.83. The summed E-state index contributed by atoms with van der Waals surface area (Å²) >= 11 is 0. The maximum Gasteiger partial charge on any atom is 0.105 e. The molecule has 4 heteroatoms. The van der Waals surface area contributed by atoms with Gasteiger partial charge in [0, 0.05) is 60.5 Å². The number of aliphatic imine (C=N–C) groups is 1. The lowest BCUT2D eigenvalue weighted by atomic mass is 10.0. The molecule has 1 aromatic carbocycles. The van der Waals surface area contributed by atoms with Gasteiger partial charge < -0.3 is 14.7 Å². The lowest BCUT2D eigenvalue weighted by Gasteiger charge is -2.25. The predicted molar refractivity (Wildman–Crippen MR) is 125 cm³/mol. The van der Waals surface area contributed by atoms with Crippen molar-refractivity contribution in [3.8, 4) is 12.3 Å². The van der Waals surface area contributed by atoms with Gasteiger partial charge in [0.05, 0.1) is 6.67 Å². The van der Waals surface area contributed by atoms with E-state index in [-0.39, 0.29) is 0 Å². The smallest absolute Gasteiger partial charge is 0.105 e. The van der Waals surface area contributed by atoms with Crippen molar-refractivity contribution in [2.75, 3.05) is 31.2 Å². The molecule has 0 aromatic heterocycles. The molecule has 1 aromatic rings. The Balaban J connectivity index is 1.71. The largest absolute Gasteiger partial charge is 0.352 e. The molecule has 0 spiro atoms. The fourth-order valence-corrected chi connectivity index (χ4v) is 3.98. The van der Waals surface area contributed by atoms with Crippen molar-refractivity contribution in [2.45, 2.75) is 40.0 Å². The molecule has 0 unspecified atom stereocenters. The zero-order valence-electron chi connectivity index (χ0n) is 18.0. The summed E-state index contributed by atoms with van der Waals surface area (Å²) in [6, 6.07) is 6.66. The van der Waals surface area contributed by atoms with Crippen molar-refractivity contribution in [3.63, 3.8) is 0 Å². The number of terminal acetylenes is 1. The fourth-order valence-electron chi connectivity index (χ4n) is 3.98. The van der Waals surface area contributed by atoms with Gasteiger partial charge in [0.1, 0.15) is 5.84 Å². The van der Waals surface area contributed by atoms with Gasteiger partial charge in [-0.05, 0) is 44.4 Å². The van der Waals surface area contributed by atoms with Crippen LogP contribution in [0.15, 0.2) is 53.8 Å². The van der Waals surface area contributed by atoms with Gasteiger partial charge in [-0.3, -0.25) is 0 Å². The molecule has 0 N–H and O–H groups in total. The molecule has 2 heterocycles. The highest BCUT2D eigenvalue weighted by atomic mass is 15.4. The minimum Gasteiger partial charge on any atom is -0.352 e. The molecule has 2 saturated heterocycles. The van der Waals surface area contributed by atoms with Gasteiger partial charge in [-0.15, -0.1) is 6.42 Å². The number of benzene rings is 1. The predicted octanol–water partition coefficient (Wildman–Crippen LogP) is 5.00. The molecule has 152 valence electrons. The Bertz CT molecular complexity index is 900. The van der Waals surface area contributed by atoms with Crippen LogP contribution in [0.4, 0.5) is 5.69 Å². The van der Waals surface area contributed by atoms with E-state index in [0.29, 0.717) is 0 Å². The highest BCUT2D eigenvalue weighted by Gasteiger charge is 2.24. The van der Waals surface area contributed by atoms with E-state index >= 15 is 0 Å². The summed E-state index contributed by atoms with van der Waals surface area (Å²) in [5.74, 6) is 3.68. The van der Waals surface area contributed by atoms with E-state index in [2.05, 4.69) is 70.8 Å². The van der Waals surface area contributed by atoms with Crippen LogP contribution in [0.1, 0.15) is 44.2 Å². The molecular formula is C25H32N4. The van der Waals surface area contributed by atoms with E-state index in [1.807, 2.05) is 6.92 Å². The maximum atomic E-state index is 5.42. The van der Waals surface area contributed by atoms with Gasteiger partial charge >= 0.3 is 0 Å². The standard InChI is InChI=1S/C25H32N4/c1-7-19(3)17-26-25(8-2)28-15-14-27(18-28)22(6)24-12-11-23(16-20(24)4)29-13-9-10-21(29)5/h1,11-12,16-17H,5-6,8-10,13-15,18H2,2-4H3/b19-17-,26-25?. The third-order valence-corrected chi connectivity index (χ3v) is 5.74. The van der Waals surface area contributed by atoms with E-state index in [1.165, 1.54) is 28.9 Å². The summed E-state index contributed by atoms with van der Waals surface area (Å²) < 4.78 is 0. The van der Waals surface area contributed by atoms with E-state index in [4.69, 9.17) is 6.42 Å². The van der Waals surface area contributed by atoms with Gasteiger partial charge in [0.25, 0.3) is 0 Å². The number of aryl methyl sites for hydroxylation is 1. The molecule has 0 radical (unpaired) electrons. The van der Waals surface area contributed by atoms with Crippen LogP contribution < -0.4 is 4.90 Å². The number of hydrogen-bond donors (Lipinski definition) is 0. The van der Waals surface area contributed by atoms with E-state index < -0.39 is 0 Å². The molecule has 0 amide bonds. The normalized spacial score (nSPS) is 17.9. The van der Waals surface area contributed by atoms with Crippen molar-refractivity contribution >= 4 is 17.2 Å². The molecule has 0 saturated carbocycles. The van der Waals surface area contributed by atoms with Crippen LogP contribution in [0.2, 0.25) is 0 Å². The Hall–Kier alpha value is -2.93. The average Bonchev–Trinajstić information content (AvgIpc) is 3.37. The number of hydrogen-bond acceptors (Lipinski definition) is 3. The van der Waals surface area contributed by atoms with Crippen LogP contribution >= 0.6 is 0 Å². The summed E-state index contributed by atoms with van der Waals surface area (Å²) in [6.45, 7) is 18.6. The van der Waals surface area contributed by atoms with Crippen LogP contribution in [0, 0.1) is 19.3 Å². The molecule has 2 aliphatic rings. The van der Waals surface area contributed by atoms with Gasteiger partial charge in [-0.25, -0.2) is 4.99 Å². The van der Waals surface area contributed by atoms with E-state index in [1.54, 1.807) is 6.20 Å². The fraction of sp³-hybridized carbons (Fsp3) is 0.400. The zero-order chi connectivity index (χ0) is 21.0. The Morgan fingerprint density at radius 3 is 2.66 bits per heavy atom. The summed E-state index contributed by atoms with van der Waals surface area (Å²) in [7, 11) is 0. The average molecular weight is 389 g/mol. The van der Waals surface area contributed by atoms with Gasteiger partial charge in [-0.2, -0.15) is 0 Å². The Morgan fingerprint density at radius 2 is 2.03 bits per heavy atom. The first-order valence-electron chi connectivity index (χ1n) is 10.4. The lowest BCUT2D eigenvalue weighted by Crippen LogP contribution is -2.30. The Labute approximate surface area is 175 Å². The second-order valence-electron chi connectivity index (χ2n) is 7.79. The topological polar surface area (TPSA) is 22.1 Å². The second kappa shape index (κ2) is 9.05. The third-order valence-electron chi connectivity index (χ3n) is 5.74. The summed E-state index contributed by atoms with van der Waals surface area (Å²) in [5.41, 5.74) is 6.82. The van der Waals surface area contributed by atoms with Crippen LogP contribution in [0.25, 0.3) is 5.70 Å². The highest BCUT2D eigenvalue weighted by Crippen LogP contribution is 2.31. The third kappa shape index (κ3) is 4.56. The summed E-state index contributed by atoms with van der Waals surface area (Å²) in [5, 5.41) is 0. The number of rotatable bonds is 5. The van der Waals surface area contributed by atoms with Gasteiger partial charge in [-0.1, -0.05) is 32.1 Å². The van der Waals surface area contributed by atoms with Gasteiger partial charge in [0.2, 0.25) is 0 Å². The van der Waals surface area contributed by atoms with Crippen molar-refractivity contribution in [2.24, 2.45) is 4.99 Å². The molecular weight excluding hydrogens is 356 g/mol. The first kappa shape index (κ1) is 20.8. The molecule has 3 rings (SSSR count). The summed E-state index contributed by atoms with van der Waals surface area (Å²) in [6.07, 6.45) is 10.4. The number of allylic oxidation sites excluding steroid dienone is 2. The minimum atomic E-state index is 0.804. The first-order valence-corrected chi connectivity index (χ1v) is 10.4. The quantitative estimate of drug-likeness (QED) is 0.403. The molecule has 0 atom stereocenters. The molecule has 29 heavy (non-hydrogen) atoms.